The van der Waals surface area contributed by atoms with Gasteiger partial charge in [-0.25, -0.2) is 0 Å². The topological polar surface area (TPSA) is 57.5 Å². The zero-order valence-corrected chi connectivity index (χ0v) is 9.49. The van der Waals surface area contributed by atoms with Gasteiger partial charge >= 0.3 is 23.7 Å². The van der Waals surface area contributed by atoms with Gasteiger partial charge < -0.3 is 25.1 Å². The fourth-order valence-electron chi connectivity index (χ4n) is 0.158. The molecule has 0 aromatic rings. The first-order valence-corrected chi connectivity index (χ1v) is 3.31. The minimum atomic E-state index is 0. The molecular formula is C7H20O3Ti. The van der Waals surface area contributed by atoms with E-state index in [1.54, 1.807) is 0 Å². The van der Waals surface area contributed by atoms with Gasteiger partial charge in [-0.1, -0.05) is 13.3 Å². The average molecular weight is 200 g/mol. The first-order valence-electron chi connectivity index (χ1n) is 2.67. The van der Waals surface area contributed by atoms with E-state index in [2.05, 4.69) is 6.92 Å². The maximum absolute atomic E-state index is 8.25. The molecule has 70 valence electrons. The van der Waals surface area contributed by atoms with Crippen molar-refractivity contribution in [2.75, 3.05) is 13.7 Å². The molecule has 0 saturated carbocycles. The predicted molar refractivity (Wildman–Crippen MR) is 43.7 cm³/mol. The summed E-state index contributed by atoms with van der Waals surface area (Å²) in [5.41, 5.74) is 0. The Hall–Kier alpha value is 0.434. The molecule has 0 aliphatic heterocycles. The fourth-order valence-corrected chi connectivity index (χ4v) is 0.158. The van der Waals surface area contributed by atoms with Gasteiger partial charge in [-0.3, -0.25) is 0 Å². The summed E-state index contributed by atoms with van der Waals surface area (Å²) in [6.45, 7) is 2.40. The van der Waals surface area contributed by atoms with Crippen LogP contribution in [-0.4, -0.2) is 23.9 Å². The van der Waals surface area contributed by atoms with Crippen LogP contribution < -0.4 is 0 Å². The number of hydrogen-bond donors (Lipinski definition) is 2. The average Bonchev–Trinajstić information content (AvgIpc) is 1.98. The van der Waals surface area contributed by atoms with Crippen LogP contribution in [0.25, 0.3) is 0 Å². The van der Waals surface area contributed by atoms with Crippen molar-refractivity contribution in [1.82, 2.24) is 0 Å². The van der Waals surface area contributed by atoms with Crippen molar-refractivity contribution in [3.63, 3.8) is 0 Å². The van der Waals surface area contributed by atoms with E-state index in [9.17, 15) is 0 Å². The Balaban J connectivity index is -0.0000000178. The Bertz CT molecular complexity index is 27.6. The molecule has 0 spiro atoms. The molecular weight excluding hydrogens is 180 g/mol. The van der Waals surface area contributed by atoms with Gasteiger partial charge in [0.1, 0.15) is 0 Å². The summed E-state index contributed by atoms with van der Waals surface area (Å²) in [5.74, 6) is 0. The molecule has 0 aliphatic carbocycles. The number of unbranched alkanes of at least 4 members (excludes halogenated alkanes) is 1. The molecule has 4 heteroatoms. The predicted octanol–water partition coefficient (Wildman–Crippen LogP) is 1.17. The molecule has 0 aliphatic rings. The van der Waals surface area contributed by atoms with E-state index < -0.39 is 0 Å². The van der Waals surface area contributed by atoms with Crippen LogP contribution in [0.4, 0.5) is 0 Å². The first kappa shape index (κ1) is 30.1. The second-order valence-electron chi connectivity index (χ2n) is 1.08. The Kier molecular flexibility index (Phi) is 215. The molecule has 0 aromatic heterocycles. The van der Waals surface area contributed by atoms with Crippen LogP contribution in [0.15, 0.2) is 0 Å². The number of aliphatic hydroxyl groups is 2. The second-order valence-corrected chi connectivity index (χ2v) is 1.08. The van der Waals surface area contributed by atoms with Crippen molar-refractivity contribution in [2.45, 2.75) is 19.8 Å². The summed E-state index contributed by atoms with van der Waals surface area (Å²) in [5, 5.41) is 15.1. The van der Waals surface area contributed by atoms with E-state index >= 15 is 0 Å². The Morgan fingerprint density at radius 2 is 1.45 bits per heavy atom. The summed E-state index contributed by atoms with van der Waals surface area (Å²) < 4.78 is 8.25. The van der Waals surface area contributed by atoms with E-state index in [1.165, 1.54) is 0 Å². The van der Waals surface area contributed by atoms with Crippen LogP contribution in [0.5, 0.6) is 0 Å². The van der Waals surface area contributed by atoms with E-state index in [4.69, 9.17) is 13.5 Å². The maximum atomic E-state index is 8.25. The zero-order valence-electron chi connectivity index (χ0n) is 7.92. The molecule has 0 rings (SSSR count). The Morgan fingerprint density at radius 1 is 1.18 bits per heavy atom. The van der Waals surface area contributed by atoms with Crippen molar-refractivity contribution >= 4 is 0 Å². The van der Waals surface area contributed by atoms with E-state index in [-0.39, 0.29) is 14.9 Å². The summed E-state index contributed by atoms with van der Waals surface area (Å²) in [6, 6.07) is 0. The number of hydrogen-bond acceptors (Lipinski definition) is 3. The normalized spacial score (nSPS) is 4.91. The van der Waals surface area contributed by atoms with Crippen molar-refractivity contribution in [1.29, 1.82) is 0 Å². The van der Waals surface area contributed by atoms with Crippen LogP contribution >= 0.6 is 0 Å². The Labute approximate surface area is 82.6 Å². The molecule has 0 atom stereocenters. The van der Waals surface area contributed by atoms with Gasteiger partial charge in [0, 0.05) is 13.7 Å². The van der Waals surface area contributed by atoms with Gasteiger partial charge in [0.15, 0.2) is 0 Å². The van der Waals surface area contributed by atoms with Gasteiger partial charge in [-0.15, -0.1) is 0 Å². The molecule has 0 amide bonds. The van der Waals surface area contributed by atoms with E-state index in [0.717, 1.165) is 40.4 Å². The van der Waals surface area contributed by atoms with Crippen molar-refractivity contribution < 1.29 is 33.9 Å². The molecule has 0 unspecified atom stereocenters. The zero-order chi connectivity index (χ0) is 8.12. The molecule has 3 nitrogen and oxygen atoms in total. The summed E-state index contributed by atoms with van der Waals surface area (Å²) >= 11 is 0.750. The first-order chi connectivity index (χ1) is 4.41. The number of rotatable bonds is 2. The summed E-state index contributed by atoms with van der Waals surface area (Å²) in [4.78, 5) is 0. The fraction of sp³-hybridized carbons (Fsp3) is 0.714. The van der Waals surface area contributed by atoms with Crippen molar-refractivity contribution in [3.8, 4) is 0 Å². The van der Waals surface area contributed by atoms with Gasteiger partial charge in [0.2, 0.25) is 0 Å². The van der Waals surface area contributed by atoms with Crippen LogP contribution in [0, 0.1) is 14.9 Å². The van der Waals surface area contributed by atoms with Crippen molar-refractivity contribution in [3.05, 3.63) is 14.9 Å². The molecule has 0 bridgehead atoms. The molecule has 0 radical (unpaired) electrons. The summed E-state index contributed by atoms with van der Waals surface area (Å²) in [6.07, 6.45) is 2.04. The molecule has 11 heavy (non-hydrogen) atoms. The standard InChI is InChI=1S/C4H10O.CH4O.2CH3.O.Ti/c1-2-3-4-5;1-2;;;;/h5H,2-4H2,1H3;2H,1H3;2*1H3;;/q;;2*-1;;+2. The Morgan fingerprint density at radius 3 is 1.45 bits per heavy atom. The minimum absolute atomic E-state index is 0. The monoisotopic (exact) mass is 200 g/mol. The SMILES string of the molecule is CCCCO.CO.[CH3-].[CH3-].[O]=[Ti+2]. The third kappa shape index (κ3) is 125. The second kappa shape index (κ2) is 78.7. The van der Waals surface area contributed by atoms with Crippen LogP contribution in [0.1, 0.15) is 19.8 Å². The van der Waals surface area contributed by atoms with Gasteiger partial charge in [-0.05, 0) is 6.42 Å². The van der Waals surface area contributed by atoms with Gasteiger partial charge in [0.25, 0.3) is 0 Å². The third-order valence-electron chi connectivity index (χ3n) is 0.512. The molecule has 0 saturated heterocycles. The molecule has 2 N–H and O–H groups in total. The molecule has 0 aromatic carbocycles. The quantitative estimate of drug-likeness (QED) is 0.519. The van der Waals surface area contributed by atoms with E-state index in [0.29, 0.717) is 6.61 Å². The van der Waals surface area contributed by atoms with E-state index in [1.807, 2.05) is 0 Å². The van der Waals surface area contributed by atoms with Crippen molar-refractivity contribution in [2.24, 2.45) is 0 Å². The van der Waals surface area contributed by atoms with Crippen LogP contribution in [0.3, 0.4) is 0 Å². The molecule has 0 heterocycles. The van der Waals surface area contributed by atoms with Gasteiger partial charge in [0.05, 0.1) is 0 Å². The van der Waals surface area contributed by atoms with Crippen LogP contribution in [0.2, 0.25) is 0 Å². The van der Waals surface area contributed by atoms with Crippen LogP contribution in [-0.2, 0) is 23.7 Å². The number of aliphatic hydroxyl groups excluding tert-OH is 2. The summed E-state index contributed by atoms with van der Waals surface area (Å²) in [7, 11) is 1.00. The van der Waals surface area contributed by atoms with Gasteiger partial charge in [-0.2, -0.15) is 0 Å². The molecule has 0 fully saturated rings. The third-order valence-corrected chi connectivity index (χ3v) is 0.512.